The van der Waals surface area contributed by atoms with Crippen molar-refractivity contribution in [2.75, 3.05) is 32.1 Å². The fourth-order valence-electron chi connectivity index (χ4n) is 2.69. The van der Waals surface area contributed by atoms with Gasteiger partial charge in [0.15, 0.2) is 0 Å². The van der Waals surface area contributed by atoms with Crippen molar-refractivity contribution in [3.8, 4) is 0 Å². The lowest BCUT2D eigenvalue weighted by molar-refractivity contribution is 0.0749. The molecule has 1 fully saturated rings. The Morgan fingerprint density at radius 2 is 2.22 bits per heavy atom. The van der Waals surface area contributed by atoms with Gasteiger partial charge in [0.25, 0.3) is 11.5 Å². The summed E-state index contributed by atoms with van der Waals surface area (Å²) >= 11 is 0. The molecule has 2 aromatic heterocycles. The summed E-state index contributed by atoms with van der Waals surface area (Å²) in [4.78, 5) is 34.8. The van der Waals surface area contributed by atoms with Crippen LogP contribution in [-0.4, -0.2) is 53.1 Å². The number of anilines is 1. The molecular formula is C15H19N5O3. The summed E-state index contributed by atoms with van der Waals surface area (Å²) < 4.78 is 5.03. The smallest absolute Gasteiger partial charge is 0.292 e. The first-order valence-electron chi connectivity index (χ1n) is 7.45. The average molecular weight is 317 g/mol. The van der Waals surface area contributed by atoms with Gasteiger partial charge in [-0.1, -0.05) is 5.16 Å². The first kappa shape index (κ1) is 15.3. The SMILES string of the molecule is Cc1cc(C(=O)N2CCC(c3cc(=O)[nH]c(N(C)C)n3)C2)on1. The van der Waals surface area contributed by atoms with Gasteiger partial charge in [0, 0.05) is 45.2 Å². The minimum absolute atomic E-state index is 0.0453. The summed E-state index contributed by atoms with van der Waals surface area (Å²) in [7, 11) is 3.64. The van der Waals surface area contributed by atoms with Crippen LogP contribution in [0, 0.1) is 6.92 Å². The molecule has 1 N–H and O–H groups in total. The number of H-pyrrole nitrogens is 1. The molecule has 0 spiro atoms. The second kappa shape index (κ2) is 5.86. The molecule has 1 saturated heterocycles. The number of aromatic nitrogens is 3. The van der Waals surface area contributed by atoms with Gasteiger partial charge in [0.1, 0.15) is 0 Å². The number of aromatic amines is 1. The monoisotopic (exact) mass is 317 g/mol. The molecule has 0 radical (unpaired) electrons. The maximum absolute atomic E-state index is 12.4. The Morgan fingerprint density at radius 3 is 2.87 bits per heavy atom. The van der Waals surface area contributed by atoms with Crippen molar-refractivity contribution >= 4 is 11.9 Å². The number of rotatable bonds is 3. The van der Waals surface area contributed by atoms with Crippen molar-refractivity contribution in [3.63, 3.8) is 0 Å². The van der Waals surface area contributed by atoms with E-state index in [1.54, 1.807) is 22.8 Å². The Balaban J connectivity index is 1.77. The quantitative estimate of drug-likeness (QED) is 0.898. The van der Waals surface area contributed by atoms with Gasteiger partial charge in [-0.05, 0) is 13.3 Å². The molecule has 122 valence electrons. The summed E-state index contributed by atoms with van der Waals surface area (Å²) in [5.74, 6) is 0.633. The van der Waals surface area contributed by atoms with E-state index in [1.807, 2.05) is 14.1 Å². The van der Waals surface area contributed by atoms with E-state index in [9.17, 15) is 9.59 Å². The first-order valence-corrected chi connectivity index (χ1v) is 7.45. The predicted octanol–water partition coefficient (Wildman–Crippen LogP) is 0.762. The van der Waals surface area contributed by atoms with Crippen LogP contribution in [-0.2, 0) is 0 Å². The minimum atomic E-state index is -0.186. The van der Waals surface area contributed by atoms with Crippen LogP contribution in [0.4, 0.5) is 5.95 Å². The third kappa shape index (κ3) is 3.10. The fourth-order valence-corrected chi connectivity index (χ4v) is 2.69. The molecule has 1 amide bonds. The lowest BCUT2D eigenvalue weighted by Gasteiger charge is -2.16. The van der Waals surface area contributed by atoms with Crippen molar-refractivity contribution in [1.29, 1.82) is 0 Å². The molecule has 0 aromatic carbocycles. The molecule has 1 aliphatic heterocycles. The number of amides is 1. The third-order valence-electron chi connectivity index (χ3n) is 3.91. The Hall–Kier alpha value is -2.64. The molecule has 8 nitrogen and oxygen atoms in total. The highest BCUT2D eigenvalue weighted by Crippen LogP contribution is 2.27. The molecule has 0 bridgehead atoms. The van der Waals surface area contributed by atoms with Gasteiger partial charge in [0.2, 0.25) is 11.7 Å². The van der Waals surface area contributed by atoms with Crippen molar-refractivity contribution in [1.82, 2.24) is 20.0 Å². The van der Waals surface area contributed by atoms with Crippen molar-refractivity contribution in [2.24, 2.45) is 0 Å². The van der Waals surface area contributed by atoms with Crippen LogP contribution < -0.4 is 10.5 Å². The Kier molecular flexibility index (Phi) is 3.89. The topological polar surface area (TPSA) is 95.3 Å². The minimum Gasteiger partial charge on any atom is -0.351 e. The van der Waals surface area contributed by atoms with E-state index in [0.29, 0.717) is 30.4 Å². The predicted molar refractivity (Wildman–Crippen MR) is 83.7 cm³/mol. The summed E-state index contributed by atoms with van der Waals surface area (Å²) in [5.41, 5.74) is 1.20. The van der Waals surface area contributed by atoms with Crippen LogP contribution in [0.1, 0.15) is 34.3 Å². The maximum atomic E-state index is 12.4. The zero-order valence-electron chi connectivity index (χ0n) is 13.4. The van der Waals surface area contributed by atoms with Gasteiger partial charge >= 0.3 is 0 Å². The molecule has 1 atom stereocenters. The number of nitrogens with one attached hydrogen (secondary N) is 1. The number of hydrogen-bond acceptors (Lipinski definition) is 6. The number of carbonyl (C=O) groups excluding carboxylic acids is 1. The highest BCUT2D eigenvalue weighted by atomic mass is 16.5. The Labute approximate surface area is 133 Å². The van der Waals surface area contributed by atoms with Gasteiger partial charge in [0.05, 0.1) is 11.4 Å². The Morgan fingerprint density at radius 1 is 1.43 bits per heavy atom. The largest absolute Gasteiger partial charge is 0.351 e. The second-order valence-corrected chi connectivity index (χ2v) is 5.96. The summed E-state index contributed by atoms with van der Waals surface area (Å²) in [5, 5.41) is 3.74. The Bertz CT molecular complexity index is 779. The average Bonchev–Trinajstić information content (AvgIpc) is 3.15. The lowest BCUT2D eigenvalue weighted by Crippen LogP contribution is -2.28. The lowest BCUT2D eigenvalue weighted by atomic mass is 10.1. The number of hydrogen-bond donors (Lipinski definition) is 1. The molecule has 3 rings (SSSR count). The summed E-state index contributed by atoms with van der Waals surface area (Å²) in [6.45, 7) is 2.90. The second-order valence-electron chi connectivity index (χ2n) is 5.96. The highest BCUT2D eigenvalue weighted by Gasteiger charge is 2.31. The standard InChI is InChI=1S/C15H19N5O3/c1-9-6-12(23-18-9)14(22)20-5-4-10(8-20)11-7-13(21)17-15(16-11)19(2)3/h6-7,10H,4-5,8H2,1-3H3,(H,16,17,21). The molecule has 8 heteroatoms. The molecule has 2 aromatic rings. The van der Waals surface area contributed by atoms with Crippen molar-refractivity contribution in [3.05, 3.63) is 39.6 Å². The van der Waals surface area contributed by atoms with E-state index >= 15 is 0 Å². The number of nitrogens with zero attached hydrogens (tertiary/aromatic N) is 4. The fraction of sp³-hybridized carbons (Fsp3) is 0.467. The first-order chi connectivity index (χ1) is 10.9. The van der Waals surface area contributed by atoms with Gasteiger partial charge in [-0.25, -0.2) is 4.98 Å². The van der Waals surface area contributed by atoms with Gasteiger partial charge in [-0.2, -0.15) is 0 Å². The van der Waals surface area contributed by atoms with Gasteiger partial charge in [-0.15, -0.1) is 0 Å². The van der Waals surface area contributed by atoms with E-state index in [4.69, 9.17) is 4.52 Å². The highest BCUT2D eigenvalue weighted by molar-refractivity contribution is 5.91. The van der Waals surface area contributed by atoms with E-state index in [-0.39, 0.29) is 23.1 Å². The molecule has 1 unspecified atom stereocenters. The molecule has 0 saturated carbocycles. The maximum Gasteiger partial charge on any atom is 0.292 e. The van der Waals surface area contributed by atoms with Gasteiger partial charge < -0.3 is 14.3 Å². The number of likely N-dealkylation sites (tertiary alicyclic amines) is 1. The van der Waals surface area contributed by atoms with Crippen LogP contribution in [0.25, 0.3) is 0 Å². The van der Waals surface area contributed by atoms with E-state index in [0.717, 1.165) is 6.42 Å². The van der Waals surface area contributed by atoms with E-state index in [1.165, 1.54) is 6.07 Å². The summed E-state index contributed by atoms with van der Waals surface area (Å²) in [6.07, 6.45) is 0.766. The van der Waals surface area contributed by atoms with Crippen molar-refractivity contribution < 1.29 is 9.32 Å². The van der Waals surface area contributed by atoms with Crippen molar-refractivity contribution in [2.45, 2.75) is 19.3 Å². The van der Waals surface area contributed by atoms with Gasteiger partial charge in [-0.3, -0.25) is 14.6 Å². The molecule has 1 aliphatic rings. The zero-order valence-corrected chi connectivity index (χ0v) is 13.4. The summed E-state index contributed by atoms with van der Waals surface area (Å²) in [6, 6.07) is 3.13. The van der Waals surface area contributed by atoms with Crippen LogP contribution in [0.15, 0.2) is 21.5 Å². The molecule has 3 heterocycles. The zero-order chi connectivity index (χ0) is 16.6. The molecule has 0 aliphatic carbocycles. The van der Waals surface area contributed by atoms with Crippen LogP contribution in [0.2, 0.25) is 0 Å². The molecular weight excluding hydrogens is 298 g/mol. The third-order valence-corrected chi connectivity index (χ3v) is 3.91. The van der Waals surface area contributed by atoms with Crippen LogP contribution in [0.3, 0.4) is 0 Å². The van der Waals surface area contributed by atoms with E-state index < -0.39 is 0 Å². The normalized spacial score (nSPS) is 17.5. The van der Waals surface area contributed by atoms with Crippen LogP contribution in [0.5, 0.6) is 0 Å². The van der Waals surface area contributed by atoms with E-state index in [2.05, 4.69) is 15.1 Å². The molecule has 23 heavy (non-hydrogen) atoms. The number of carbonyl (C=O) groups is 1. The number of aryl methyl sites for hydroxylation is 1. The van der Waals surface area contributed by atoms with Crippen LogP contribution >= 0.6 is 0 Å².